The molecule has 0 aliphatic rings. The van der Waals surface area contributed by atoms with E-state index in [1.165, 1.54) is 0 Å². The van der Waals surface area contributed by atoms with E-state index >= 15 is 0 Å². The van der Waals surface area contributed by atoms with E-state index in [0.29, 0.717) is 12.2 Å². The Labute approximate surface area is 175 Å². The van der Waals surface area contributed by atoms with Gasteiger partial charge in [0.15, 0.2) is 0 Å². The second-order valence-corrected chi connectivity index (χ2v) is 6.74. The first-order chi connectivity index (χ1) is 14.6. The van der Waals surface area contributed by atoms with Crippen molar-refractivity contribution in [1.82, 2.24) is 10.3 Å². The molecule has 0 saturated carbocycles. The van der Waals surface area contributed by atoms with Crippen LogP contribution in [0.25, 0.3) is 0 Å². The molecule has 1 N–H and O–H groups in total. The number of benzene rings is 2. The van der Waals surface area contributed by atoms with Crippen LogP contribution in [-0.4, -0.2) is 23.4 Å². The van der Waals surface area contributed by atoms with Gasteiger partial charge in [-0.3, -0.25) is 14.6 Å². The summed E-state index contributed by atoms with van der Waals surface area (Å²) in [4.78, 5) is 28.3. The minimum Gasteiger partial charge on any atom is -0.487 e. The molecule has 0 bridgehead atoms. The zero-order valence-electron chi connectivity index (χ0n) is 16.8. The summed E-state index contributed by atoms with van der Waals surface area (Å²) in [5.41, 5.74) is 3.21. The number of rotatable bonds is 9. The second-order valence-electron chi connectivity index (χ2n) is 6.74. The summed E-state index contributed by atoms with van der Waals surface area (Å²) >= 11 is 0. The summed E-state index contributed by atoms with van der Waals surface area (Å²) in [5, 5.41) is 2.74. The highest BCUT2D eigenvalue weighted by Gasteiger charge is 2.09. The van der Waals surface area contributed by atoms with Crippen LogP contribution in [0.4, 0.5) is 0 Å². The molecular weight excluding hydrogens is 380 g/mol. The molecule has 6 heteroatoms. The lowest BCUT2D eigenvalue weighted by molar-refractivity contribution is -0.144. The summed E-state index contributed by atoms with van der Waals surface area (Å²) in [5.74, 6) is 0.160. The first kappa shape index (κ1) is 21.0. The van der Waals surface area contributed by atoms with Gasteiger partial charge < -0.3 is 14.8 Å². The molecule has 1 heterocycles. The van der Waals surface area contributed by atoms with Gasteiger partial charge in [0, 0.05) is 18.3 Å². The molecule has 154 valence electrons. The molecule has 1 aromatic heterocycles. The molecule has 6 nitrogen and oxygen atoms in total. The zero-order valence-corrected chi connectivity index (χ0v) is 16.8. The fourth-order valence-electron chi connectivity index (χ4n) is 2.76. The lowest BCUT2D eigenvalue weighted by atomic mass is 10.1. The van der Waals surface area contributed by atoms with Crippen molar-refractivity contribution in [2.45, 2.75) is 26.6 Å². The molecule has 1 amide bonds. The average Bonchev–Trinajstić information content (AvgIpc) is 2.78. The maximum absolute atomic E-state index is 12.1. The normalized spacial score (nSPS) is 10.3. The number of nitrogens with one attached hydrogen (secondary N) is 1. The van der Waals surface area contributed by atoms with Gasteiger partial charge in [-0.25, -0.2) is 0 Å². The van der Waals surface area contributed by atoms with Crippen molar-refractivity contribution < 1.29 is 19.1 Å². The Morgan fingerprint density at radius 1 is 0.933 bits per heavy atom. The van der Waals surface area contributed by atoms with Crippen molar-refractivity contribution in [1.29, 1.82) is 0 Å². The highest BCUT2D eigenvalue weighted by molar-refractivity contribution is 5.95. The van der Waals surface area contributed by atoms with Crippen LogP contribution in [0.5, 0.6) is 5.75 Å². The van der Waals surface area contributed by atoms with Gasteiger partial charge in [-0.05, 0) is 48.4 Å². The van der Waals surface area contributed by atoms with E-state index in [1.54, 1.807) is 12.3 Å². The van der Waals surface area contributed by atoms with Gasteiger partial charge in [0.1, 0.15) is 19.0 Å². The Morgan fingerprint density at radius 2 is 1.70 bits per heavy atom. The Bertz CT molecular complexity index is 972. The van der Waals surface area contributed by atoms with E-state index in [4.69, 9.17) is 9.47 Å². The molecule has 0 aliphatic carbocycles. The molecule has 3 aromatic rings. The van der Waals surface area contributed by atoms with Crippen LogP contribution < -0.4 is 10.1 Å². The summed E-state index contributed by atoms with van der Waals surface area (Å²) < 4.78 is 10.9. The van der Waals surface area contributed by atoms with Gasteiger partial charge in [-0.15, -0.1) is 0 Å². The van der Waals surface area contributed by atoms with Gasteiger partial charge >= 0.3 is 5.97 Å². The first-order valence-electron chi connectivity index (χ1n) is 9.73. The van der Waals surface area contributed by atoms with Crippen LogP contribution in [0, 0.1) is 6.92 Å². The minimum absolute atomic E-state index is 0.114. The number of hydrogen-bond donors (Lipinski definition) is 1. The molecule has 30 heavy (non-hydrogen) atoms. The van der Waals surface area contributed by atoms with Crippen LogP contribution in [0.2, 0.25) is 0 Å². The van der Waals surface area contributed by atoms with Gasteiger partial charge in [0.05, 0.1) is 12.1 Å². The molecule has 0 fully saturated rings. The number of esters is 1. The topological polar surface area (TPSA) is 77.5 Å². The van der Waals surface area contributed by atoms with Crippen LogP contribution in [-0.2, 0) is 22.7 Å². The SMILES string of the molecule is Cc1ccccc1C(=O)NCCC(=O)OCc1ccc(OCc2ccccn2)cc1. The maximum Gasteiger partial charge on any atom is 0.307 e. The first-order valence-corrected chi connectivity index (χ1v) is 9.73. The van der Waals surface area contributed by atoms with Crippen molar-refractivity contribution in [3.05, 3.63) is 95.3 Å². The Kier molecular flexibility index (Phi) is 7.55. The summed E-state index contributed by atoms with van der Waals surface area (Å²) in [6, 6.07) is 20.3. The zero-order chi connectivity index (χ0) is 21.2. The number of aryl methyl sites for hydroxylation is 1. The van der Waals surface area contributed by atoms with Gasteiger partial charge in [-0.1, -0.05) is 36.4 Å². The molecule has 0 radical (unpaired) electrons. The largest absolute Gasteiger partial charge is 0.487 e. The van der Waals surface area contributed by atoms with Crippen LogP contribution in [0.15, 0.2) is 72.9 Å². The Morgan fingerprint density at radius 3 is 2.43 bits per heavy atom. The summed E-state index contributed by atoms with van der Waals surface area (Å²) in [6.45, 7) is 2.67. The Balaban J connectivity index is 1.36. The number of aromatic nitrogens is 1. The van der Waals surface area contributed by atoms with Gasteiger partial charge in [0.25, 0.3) is 5.91 Å². The van der Waals surface area contributed by atoms with Crippen molar-refractivity contribution in [2.24, 2.45) is 0 Å². The predicted molar refractivity (Wildman–Crippen MR) is 113 cm³/mol. The third-order valence-corrected chi connectivity index (χ3v) is 4.44. The molecule has 0 saturated heterocycles. The molecule has 3 rings (SSSR count). The minimum atomic E-state index is -0.365. The standard InChI is InChI=1S/C24H24N2O4/c1-18-6-2-3-8-22(18)24(28)26-15-13-23(27)30-16-19-9-11-21(12-10-19)29-17-20-7-4-5-14-25-20/h2-12,14H,13,15-17H2,1H3,(H,26,28). The van der Waals surface area contributed by atoms with Gasteiger partial charge in [0.2, 0.25) is 0 Å². The smallest absolute Gasteiger partial charge is 0.307 e. The number of nitrogens with zero attached hydrogens (tertiary/aromatic N) is 1. The van der Waals surface area contributed by atoms with Crippen LogP contribution in [0.3, 0.4) is 0 Å². The number of ether oxygens (including phenoxy) is 2. The average molecular weight is 404 g/mol. The van der Waals surface area contributed by atoms with E-state index in [-0.39, 0.29) is 31.4 Å². The highest BCUT2D eigenvalue weighted by Crippen LogP contribution is 2.14. The third kappa shape index (κ3) is 6.44. The Hall–Kier alpha value is -3.67. The molecular formula is C24H24N2O4. The van der Waals surface area contributed by atoms with Crippen LogP contribution >= 0.6 is 0 Å². The molecule has 0 unspecified atom stereocenters. The maximum atomic E-state index is 12.1. The van der Waals surface area contributed by atoms with E-state index in [2.05, 4.69) is 10.3 Å². The number of carbonyl (C=O) groups excluding carboxylic acids is 2. The van der Waals surface area contributed by atoms with E-state index in [9.17, 15) is 9.59 Å². The molecule has 0 spiro atoms. The lowest BCUT2D eigenvalue weighted by Crippen LogP contribution is -2.27. The monoisotopic (exact) mass is 404 g/mol. The van der Waals surface area contributed by atoms with E-state index < -0.39 is 0 Å². The third-order valence-electron chi connectivity index (χ3n) is 4.44. The predicted octanol–water partition coefficient (Wildman–Crippen LogP) is 3.83. The number of hydrogen-bond acceptors (Lipinski definition) is 5. The second kappa shape index (κ2) is 10.8. The summed E-state index contributed by atoms with van der Waals surface area (Å²) in [7, 11) is 0. The summed E-state index contributed by atoms with van der Waals surface area (Å²) in [6.07, 6.45) is 1.84. The molecule has 0 aliphatic heterocycles. The quantitative estimate of drug-likeness (QED) is 0.549. The number of amides is 1. The van der Waals surface area contributed by atoms with Crippen molar-refractivity contribution >= 4 is 11.9 Å². The fraction of sp³-hybridized carbons (Fsp3) is 0.208. The lowest BCUT2D eigenvalue weighted by Gasteiger charge is -2.09. The van der Waals surface area contributed by atoms with Crippen molar-refractivity contribution in [2.75, 3.05) is 6.54 Å². The van der Waals surface area contributed by atoms with Crippen LogP contribution in [0.1, 0.15) is 33.6 Å². The van der Waals surface area contributed by atoms with Crippen molar-refractivity contribution in [3.63, 3.8) is 0 Å². The fourth-order valence-corrected chi connectivity index (χ4v) is 2.76. The number of carbonyl (C=O) groups is 2. The van der Waals surface area contributed by atoms with E-state index in [1.807, 2.05) is 67.6 Å². The van der Waals surface area contributed by atoms with Gasteiger partial charge in [-0.2, -0.15) is 0 Å². The number of pyridine rings is 1. The van der Waals surface area contributed by atoms with Crippen molar-refractivity contribution in [3.8, 4) is 5.75 Å². The molecule has 2 aromatic carbocycles. The molecule has 0 atom stereocenters. The van der Waals surface area contributed by atoms with E-state index in [0.717, 1.165) is 22.6 Å². The highest BCUT2D eigenvalue weighted by atomic mass is 16.5.